The van der Waals surface area contributed by atoms with Crippen LogP contribution >= 0.6 is 11.8 Å². The average Bonchev–Trinajstić information content (AvgIpc) is 2.77. The lowest BCUT2D eigenvalue weighted by Crippen LogP contribution is -2.19. The third-order valence-electron chi connectivity index (χ3n) is 2.85. The summed E-state index contributed by atoms with van der Waals surface area (Å²) in [5.41, 5.74) is 7.26. The Hall–Kier alpha value is -1.89. The van der Waals surface area contributed by atoms with Gasteiger partial charge in [0.25, 0.3) is 0 Å². The molecule has 108 valence electrons. The van der Waals surface area contributed by atoms with E-state index in [0.29, 0.717) is 16.6 Å². The molecule has 3 N–H and O–H groups in total. The molecule has 2 rings (SSSR count). The van der Waals surface area contributed by atoms with Crippen LogP contribution in [0, 0.1) is 0 Å². The van der Waals surface area contributed by atoms with Crippen molar-refractivity contribution in [3.05, 3.63) is 34.2 Å². The molecule has 0 aliphatic heterocycles. The molecule has 0 saturated carbocycles. The Morgan fingerprint density at radius 2 is 2.25 bits per heavy atom. The maximum atomic E-state index is 11.7. The number of aromatic amines is 1. The van der Waals surface area contributed by atoms with E-state index in [1.165, 1.54) is 11.8 Å². The van der Waals surface area contributed by atoms with Gasteiger partial charge in [0.05, 0.1) is 7.11 Å². The Kier molecular flexibility index (Phi) is 4.39. The molecule has 0 unspecified atom stereocenters. The van der Waals surface area contributed by atoms with Gasteiger partial charge in [-0.15, -0.1) is 5.10 Å². The van der Waals surface area contributed by atoms with Crippen molar-refractivity contribution in [2.45, 2.75) is 30.8 Å². The van der Waals surface area contributed by atoms with Crippen molar-refractivity contribution in [3.63, 3.8) is 0 Å². The summed E-state index contributed by atoms with van der Waals surface area (Å²) in [7, 11) is 1.62. The summed E-state index contributed by atoms with van der Waals surface area (Å²) >= 11 is 1.47. The van der Waals surface area contributed by atoms with E-state index in [9.17, 15) is 4.79 Å². The van der Waals surface area contributed by atoms with Crippen LogP contribution in [0.25, 0.3) is 0 Å². The summed E-state index contributed by atoms with van der Waals surface area (Å²) in [6.45, 7) is 3.89. The number of thioether (sulfide) groups is 1. The molecule has 2 aromatic rings. The first kappa shape index (κ1) is 14.5. The highest BCUT2D eigenvalue weighted by molar-refractivity contribution is 7.98. The van der Waals surface area contributed by atoms with E-state index >= 15 is 0 Å². The van der Waals surface area contributed by atoms with Gasteiger partial charge in [0.1, 0.15) is 5.75 Å². The van der Waals surface area contributed by atoms with Gasteiger partial charge in [0.15, 0.2) is 5.16 Å². The number of nitrogens with two attached hydrogens (primary N) is 1. The first-order valence-electron chi connectivity index (χ1n) is 6.25. The van der Waals surface area contributed by atoms with Crippen LogP contribution in [-0.2, 0) is 5.75 Å². The monoisotopic (exact) mass is 294 g/mol. The second-order valence-corrected chi connectivity index (χ2v) is 5.58. The standard InChI is InChI=1S/C13H18N4O2S/c1-8(2)17-12(18)15-16-13(17)20-7-9-6-10(14)4-5-11(9)19-3/h4-6,8H,7,14H2,1-3H3,(H,15,18). The van der Waals surface area contributed by atoms with Crippen LogP contribution in [0.1, 0.15) is 25.5 Å². The molecule has 1 aromatic carbocycles. The summed E-state index contributed by atoms with van der Waals surface area (Å²) in [5.74, 6) is 1.41. The predicted molar refractivity (Wildman–Crippen MR) is 80.2 cm³/mol. The van der Waals surface area contributed by atoms with Gasteiger partial charge in [0.2, 0.25) is 0 Å². The van der Waals surface area contributed by atoms with Crippen molar-refractivity contribution >= 4 is 17.4 Å². The van der Waals surface area contributed by atoms with Gasteiger partial charge < -0.3 is 10.5 Å². The molecule has 0 bridgehead atoms. The number of nitrogen functional groups attached to an aromatic ring is 1. The first-order valence-corrected chi connectivity index (χ1v) is 7.23. The molecule has 0 amide bonds. The van der Waals surface area contributed by atoms with Gasteiger partial charge in [-0.25, -0.2) is 9.89 Å². The van der Waals surface area contributed by atoms with Gasteiger partial charge >= 0.3 is 5.69 Å². The van der Waals surface area contributed by atoms with Gasteiger partial charge in [-0.05, 0) is 32.0 Å². The van der Waals surface area contributed by atoms with E-state index in [4.69, 9.17) is 10.5 Å². The fraction of sp³-hybridized carbons (Fsp3) is 0.385. The molecule has 0 aliphatic carbocycles. The van der Waals surface area contributed by atoms with Crippen molar-refractivity contribution in [1.82, 2.24) is 14.8 Å². The van der Waals surface area contributed by atoms with Crippen molar-refractivity contribution in [2.75, 3.05) is 12.8 Å². The second-order valence-electron chi connectivity index (χ2n) is 4.64. The summed E-state index contributed by atoms with van der Waals surface area (Å²) < 4.78 is 6.93. The lowest BCUT2D eigenvalue weighted by Gasteiger charge is -2.11. The molecular formula is C13H18N4O2S. The van der Waals surface area contributed by atoms with Crippen LogP contribution in [0.2, 0.25) is 0 Å². The number of H-pyrrole nitrogens is 1. The van der Waals surface area contributed by atoms with Crippen LogP contribution in [0.3, 0.4) is 0 Å². The van der Waals surface area contributed by atoms with Gasteiger partial charge in [-0.3, -0.25) is 4.57 Å². The highest BCUT2D eigenvalue weighted by atomic mass is 32.2. The summed E-state index contributed by atoms with van der Waals surface area (Å²) in [4.78, 5) is 11.7. The highest BCUT2D eigenvalue weighted by Crippen LogP contribution is 2.28. The molecule has 0 fully saturated rings. The fourth-order valence-electron chi connectivity index (χ4n) is 1.90. The third kappa shape index (κ3) is 2.98. The average molecular weight is 294 g/mol. The zero-order valence-corrected chi connectivity index (χ0v) is 12.5. The SMILES string of the molecule is COc1ccc(N)cc1CSc1n[nH]c(=O)n1C(C)C. The fourth-order valence-corrected chi connectivity index (χ4v) is 2.95. The first-order chi connectivity index (χ1) is 9.52. The summed E-state index contributed by atoms with van der Waals surface area (Å²) in [6, 6.07) is 5.57. The van der Waals surface area contributed by atoms with Gasteiger partial charge in [-0.1, -0.05) is 11.8 Å². The lowest BCUT2D eigenvalue weighted by atomic mass is 10.2. The zero-order valence-electron chi connectivity index (χ0n) is 11.7. The number of aromatic nitrogens is 3. The van der Waals surface area contributed by atoms with Crippen LogP contribution in [0.5, 0.6) is 5.75 Å². The molecule has 0 spiro atoms. The summed E-state index contributed by atoms with van der Waals surface area (Å²) in [6.07, 6.45) is 0. The van der Waals surface area contributed by atoms with Crippen LogP contribution in [-0.4, -0.2) is 21.9 Å². The number of benzene rings is 1. The smallest absolute Gasteiger partial charge is 0.344 e. The van der Waals surface area contributed by atoms with Crippen molar-refractivity contribution in [2.24, 2.45) is 0 Å². The molecule has 0 atom stereocenters. The number of hydrogen-bond acceptors (Lipinski definition) is 5. The Bertz CT molecular complexity index is 648. The second kappa shape index (κ2) is 6.04. The van der Waals surface area contributed by atoms with Crippen molar-refractivity contribution < 1.29 is 4.74 Å². The van der Waals surface area contributed by atoms with Crippen molar-refractivity contribution in [1.29, 1.82) is 0 Å². The number of rotatable bonds is 5. The molecule has 1 heterocycles. The van der Waals surface area contributed by atoms with Crippen LogP contribution in [0.4, 0.5) is 5.69 Å². The highest BCUT2D eigenvalue weighted by Gasteiger charge is 2.13. The van der Waals surface area contributed by atoms with Gasteiger partial charge in [-0.2, -0.15) is 0 Å². The van der Waals surface area contributed by atoms with Gasteiger partial charge in [0, 0.05) is 23.0 Å². The van der Waals surface area contributed by atoms with Crippen molar-refractivity contribution in [3.8, 4) is 5.75 Å². The van der Waals surface area contributed by atoms with Crippen LogP contribution in [0.15, 0.2) is 28.2 Å². The third-order valence-corrected chi connectivity index (χ3v) is 3.85. The van der Waals surface area contributed by atoms with E-state index < -0.39 is 0 Å². The Balaban J connectivity index is 2.21. The minimum absolute atomic E-state index is 0.0616. The van der Waals surface area contributed by atoms with E-state index in [0.717, 1.165) is 11.3 Å². The lowest BCUT2D eigenvalue weighted by molar-refractivity contribution is 0.411. The van der Waals surface area contributed by atoms with E-state index in [1.807, 2.05) is 26.0 Å². The molecule has 6 nitrogen and oxygen atoms in total. The topological polar surface area (TPSA) is 85.9 Å². The van der Waals surface area contributed by atoms with E-state index in [2.05, 4.69) is 10.2 Å². The minimum atomic E-state index is -0.193. The normalized spacial score (nSPS) is 11.0. The largest absolute Gasteiger partial charge is 0.496 e. The van der Waals surface area contributed by atoms with Crippen LogP contribution < -0.4 is 16.2 Å². The Morgan fingerprint density at radius 3 is 2.90 bits per heavy atom. The number of hydrogen-bond donors (Lipinski definition) is 2. The number of ether oxygens (including phenoxy) is 1. The van der Waals surface area contributed by atoms with E-state index in [-0.39, 0.29) is 11.7 Å². The molecule has 7 heteroatoms. The van der Waals surface area contributed by atoms with E-state index in [1.54, 1.807) is 17.7 Å². The zero-order chi connectivity index (χ0) is 14.7. The molecule has 1 aromatic heterocycles. The molecule has 0 radical (unpaired) electrons. The maximum Gasteiger partial charge on any atom is 0.344 e. The molecule has 20 heavy (non-hydrogen) atoms. The Labute approximate surface area is 121 Å². The number of anilines is 1. The quantitative estimate of drug-likeness (QED) is 0.651. The number of nitrogens with zero attached hydrogens (tertiary/aromatic N) is 2. The number of methoxy groups -OCH3 is 1. The minimum Gasteiger partial charge on any atom is -0.496 e. The number of nitrogens with one attached hydrogen (secondary N) is 1. The molecule has 0 saturated heterocycles. The predicted octanol–water partition coefficient (Wildman–Crippen LogP) is 2.04. The molecule has 0 aliphatic rings. The molecular weight excluding hydrogens is 276 g/mol. The summed E-state index contributed by atoms with van der Waals surface area (Å²) in [5, 5.41) is 7.18. The maximum absolute atomic E-state index is 11.7. The Morgan fingerprint density at radius 1 is 1.50 bits per heavy atom.